The van der Waals surface area contributed by atoms with Crippen LogP contribution >= 0.6 is 0 Å². The number of esters is 1. The first kappa shape index (κ1) is 7.86. The summed E-state index contributed by atoms with van der Waals surface area (Å²) in [6, 6.07) is 7.93. The lowest BCUT2D eigenvalue weighted by Crippen LogP contribution is -1.99. The van der Waals surface area contributed by atoms with Gasteiger partial charge in [-0.05, 0) is 18.2 Å². The maximum absolute atomic E-state index is 11.1. The van der Waals surface area contributed by atoms with E-state index in [1.165, 1.54) is 13.4 Å². The van der Waals surface area contributed by atoms with E-state index in [0.29, 0.717) is 11.1 Å². The molecule has 2 aromatic rings. The zero-order chi connectivity index (χ0) is 9.26. The lowest BCUT2D eigenvalue weighted by atomic mass is 10.2. The van der Waals surface area contributed by atoms with Gasteiger partial charge in [0.15, 0.2) is 0 Å². The minimum Gasteiger partial charge on any atom is -0.465 e. The number of carbonyl (C=O) groups is 1. The van der Waals surface area contributed by atoms with Crippen molar-refractivity contribution in [1.82, 2.24) is 0 Å². The molecule has 13 heavy (non-hydrogen) atoms. The van der Waals surface area contributed by atoms with E-state index in [1.807, 2.05) is 0 Å². The summed E-state index contributed by atoms with van der Waals surface area (Å²) in [5, 5.41) is 0.780. The van der Waals surface area contributed by atoms with Gasteiger partial charge in [-0.2, -0.15) is 0 Å². The fourth-order valence-corrected chi connectivity index (χ4v) is 1.15. The lowest BCUT2D eigenvalue weighted by Gasteiger charge is -1.97. The second-order valence-electron chi connectivity index (χ2n) is 2.58. The van der Waals surface area contributed by atoms with Crippen molar-refractivity contribution in [2.45, 2.75) is 0 Å². The molecule has 0 saturated heterocycles. The van der Waals surface area contributed by atoms with Crippen molar-refractivity contribution in [3.05, 3.63) is 36.1 Å². The molecule has 1 aromatic carbocycles. The zero-order valence-corrected chi connectivity index (χ0v) is 7.03. The Hall–Kier alpha value is -1.77. The summed E-state index contributed by atoms with van der Waals surface area (Å²) in [6.45, 7) is 0. The first-order valence-electron chi connectivity index (χ1n) is 3.78. The van der Waals surface area contributed by atoms with E-state index in [1.54, 1.807) is 18.2 Å². The molecule has 0 N–H and O–H groups in total. The van der Waals surface area contributed by atoms with Gasteiger partial charge < -0.3 is 9.15 Å². The third-order valence-electron chi connectivity index (χ3n) is 1.80. The Bertz CT molecular complexity index is 442. The number of benzene rings is 1. The predicted octanol–water partition coefficient (Wildman–Crippen LogP) is 2.02. The number of rotatable bonds is 1. The molecule has 1 radical (unpaired) electrons. The summed E-state index contributed by atoms with van der Waals surface area (Å²) in [5.41, 5.74) is 1.22. The van der Waals surface area contributed by atoms with Crippen LogP contribution in [0.25, 0.3) is 11.0 Å². The molecule has 1 heterocycles. The highest BCUT2D eigenvalue weighted by molar-refractivity contribution is 5.93. The van der Waals surface area contributed by atoms with Crippen LogP contribution in [0.5, 0.6) is 0 Å². The molecule has 0 aliphatic carbocycles. The van der Waals surface area contributed by atoms with Gasteiger partial charge in [-0.1, -0.05) is 0 Å². The van der Waals surface area contributed by atoms with Gasteiger partial charge in [0.25, 0.3) is 0 Å². The summed E-state index contributed by atoms with van der Waals surface area (Å²) in [4.78, 5) is 11.1. The summed E-state index contributed by atoms with van der Waals surface area (Å²) in [6.07, 6.45) is 1.46. The molecule has 1 aromatic heterocycles. The number of hydrogen-bond donors (Lipinski definition) is 0. The van der Waals surface area contributed by atoms with Crippen molar-refractivity contribution in [2.24, 2.45) is 0 Å². The Balaban J connectivity index is 2.54. The van der Waals surface area contributed by atoms with Crippen LogP contribution in [0.4, 0.5) is 0 Å². The predicted molar refractivity (Wildman–Crippen MR) is 46.4 cm³/mol. The van der Waals surface area contributed by atoms with Crippen LogP contribution in [-0.4, -0.2) is 13.1 Å². The molecule has 0 unspecified atom stereocenters. The van der Waals surface area contributed by atoms with Crippen LogP contribution < -0.4 is 0 Å². The average molecular weight is 175 g/mol. The van der Waals surface area contributed by atoms with Gasteiger partial charge in [0.05, 0.1) is 18.9 Å². The Labute approximate surface area is 74.9 Å². The molecule has 2 rings (SSSR count). The topological polar surface area (TPSA) is 39.4 Å². The van der Waals surface area contributed by atoms with Gasteiger partial charge >= 0.3 is 5.97 Å². The summed E-state index contributed by atoms with van der Waals surface area (Å²) >= 11 is 0. The molecule has 3 nitrogen and oxygen atoms in total. The molecule has 0 aliphatic heterocycles. The van der Waals surface area contributed by atoms with Crippen LogP contribution in [-0.2, 0) is 4.74 Å². The van der Waals surface area contributed by atoms with E-state index in [0.717, 1.165) is 5.39 Å². The molecule has 0 spiro atoms. The van der Waals surface area contributed by atoms with Crippen molar-refractivity contribution >= 4 is 16.9 Å². The molecular formula is C10H7O3. The minimum atomic E-state index is -0.350. The zero-order valence-electron chi connectivity index (χ0n) is 7.03. The summed E-state index contributed by atoms with van der Waals surface area (Å²) < 4.78 is 9.66. The number of fused-ring (bicyclic) bond motifs is 1. The Kier molecular flexibility index (Phi) is 1.77. The van der Waals surface area contributed by atoms with Crippen molar-refractivity contribution in [3.8, 4) is 0 Å². The first-order chi connectivity index (χ1) is 6.31. The normalized spacial score (nSPS) is 10.2. The van der Waals surface area contributed by atoms with E-state index in [-0.39, 0.29) is 5.97 Å². The van der Waals surface area contributed by atoms with Crippen molar-refractivity contribution < 1.29 is 13.9 Å². The van der Waals surface area contributed by atoms with Crippen LogP contribution in [0.1, 0.15) is 10.4 Å². The maximum Gasteiger partial charge on any atom is 0.337 e. The molecule has 3 heteroatoms. The van der Waals surface area contributed by atoms with Gasteiger partial charge in [-0.25, -0.2) is 4.79 Å². The molecule has 0 saturated carbocycles. The van der Waals surface area contributed by atoms with E-state index < -0.39 is 0 Å². The molecule has 0 bridgehead atoms. The molecular weight excluding hydrogens is 168 g/mol. The SMILES string of the molecule is COC(=O)c1ccc2oc[c]c2c1. The van der Waals surface area contributed by atoms with Gasteiger partial charge in [0.2, 0.25) is 0 Å². The van der Waals surface area contributed by atoms with Crippen molar-refractivity contribution in [2.75, 3.05) is 7.11 Å². The number of methoxy groups -OCH3 is 1. The number of hydrogen-bond acceptors (Lipinski definition) is 3. The fourth-order valence-electron chi connectivity index (χ4n) is 1.15. The van der Waals surface area contributed by atoms with Crippen LogP contribution in [0.2, 0.25) is 0 Å². The third-order valence-corrected chi connectivity index (χ3v) is 1.80. The average Bonchev–Trinajstić information content (AvgIpc) is 2.63. The van der Waals surface area contributed by atoms with Gasteiger partial charge in [0.1, 0.15) is 5.58 Å². The number of carbonyl (C=O) groups excluding carboxylic acids is 1. The maximum atomic E-state index is 11.1. The Morgan fingerprint density at radius 1 is 1.54 bits per heavy atom. The highest BCUT2D eigenvalue weighted by Gasteiger charge is 2.06. The third kappa shape index (κ3) is 1.28. The monoisotopic (exact) mass is 175 g/mol. The minimum absolute atomic E-state index is 0.350. The van der Waals surface area contributed by atoms with Crippen LogP contribution in [0.15, 0.2) is 28.9 Å². The highest BCUT2D eigenvalue weighted by Crippen LogP contribution is 2.16. The first-order valence-corrected chi connectivity index (χ1v) is 3.78. The lowest BCUT2D eigenvalue weighted by molar-refractivity contribution is 0.0601. The summed E-state index contributed by atoms with van der Waals surface area (Å²) in [5.74, 6) is -0.350. The molecule has 0 amide bonds. The van der Waals surface area contributed by atoms with Gasteiger partial charge in [-0.3, -0.25) is 0 Å². The number of ether oxygens (including phenoxy) is 1. The number of furan rings is 1. The molecule has 0 atom stereocenters. The molecule has 0 fully saturated rings. The largest absolute Gasteiger partial charge is 0.465 e. The van der Waals surface area contributed by atoms with Gasteiger partial charge in [-0.15, -0.1) is 0 Å². The van der Waals surface area contributed by atoms with Gasteiger partial charge in [0, 0.05) is 11.5 Å². The Morgan fingerprint density at radius 2 is 2.38 bits per heavy atom. The molecule has 65 valence electrons. The quantitative estimate of drug-likeness (QED) is 0.622. The van der Waals surface area contributed by atoms with E-state index in [2.05, 4.69) is 10.8 Å². The van der Waals surface area contributed by atoms with Crippen molar-refractivity contribution in [1.29, 1.82) is 0 Å². The summed E-state index contributed by atoms with van der Waals surface area (Å²) in [7, 11) is 1.35. The van der Waals surface area contributed by atoms with Crippen LogP contribution in [0, 0.1) is 6.07 Å². The second-order valence-corrected chi connectivity index (χ2v) is 2.58. The van der Waals surface area contributed by atoms with E-state index >= 15 is 0 Å². The van der Waals surface area contributed by atoms with Crippen LogP contribution in [0.3, 0.4) is 0 Å². The smallest absolute Gasteiger partial charge is 0.337 e. The van der Waals surface area contributed by atoms with E-state index in [4.69, 9.17) is 4.42 Å². The standard InChI is InChI=1S/C10H7O3/c1-12-10(11)8-2-3-9-7(6-8)4-5-13-9/h2-3,5-6H,1H3. The highest BCUT2D eigenvalue weighted by atomic mass is 16.5. The Morgan fingerprint density at radius 3 is 3.15 bits per heavy atom. The second kappa shape index (κ2) is 2.94. The van der Waals surface area contributed by atoms with E-state index in [9.17, 15) is 4.79 Å². The molecule has 0 aliphatic rings. The fraction of sp³-hybridized carbons (Fsp3) is 0.100. The van der Waals surface area contributed by atoms with Crippen molar-refractivity contribution in [3.63, 3.8) is 0 Å².